The zero-order valence-corrected chi connectivity index (χ0v) is 8.37. The first-order valence-corrected chi connectivity index (χ1v) is 4.94. The Bertz CT molecular complexity index is 541. The average Bonchev–Trinajstić information content (AvgIpc) is 2.47. The van der Waals surface area contributed by atoms with Gasteiger partial charge in [0, 0.05) is 29.8 Å². The van der Waals surface area contributed by atoms with Crippen molar-refractivity contribution in [1.82, 2.24) is 9.38 Å². The zero-order valence-electron chi connectivity index (χ0n) is 7.56. The molecule has 0 unspecified atom stereocenters. The molecule has 72 valence electrons. The molecule has 0 amide bonds. The van der Waals surface area contributed by atoms with E-state index in [4.69, 9.17) is 0 Å². The molecule has 0 bridgehead atoms. The number of fused-ring (bicyclic) bond motifs is 1. The standard InChI is InChI=1S/C9H8N2O2S/c1-6(12)4-7-5-11-8(13)2-3-10-9(11)14-7/h2-3,5H,4H2,1H3. The quantitative estimate of drug-likeness (QED) is 0.736. The van der Waals surface area contributed by atoms with Crippen molar-refractivity contribution >= 4 is 22.1 Å². The van der Waals surface area contributed by atoms with Gasteiger partial charge in [-0.1, -0.05) is 0 Å². The summed E-state index contributed by atoms with van der Waals surface area (Å²) >= 11 is 1.37. The summed E-state index contributed by atoms with van der Waals surface area (Å²) in [6.45, 7) is 1.53. The number of hydrogen-bond acceptors (Lipinski definition) is 4. The summed E-state index contributed by atoms with van der Waals surface area (Å²) in [5, 5.41) is 0. The molecule has 0 saturated heterocycles. The highest BCUT2D eigenvalue weighted by Crippen LogP contribution is 2.14. The Morgan fingerprint density at radius 2 is 2.43 bits per heavy atom. The van der Waals surface area contributed by atoms with Gasteiger partial charge in [0.2, 0.25) is 0 Å². The molecule has 0 saturated carbocycles. The van der Waals surface area contributed by atoms with Crippen LogP contribution in [-0.4, -0.2) is 15.2 Å². The molecule has 0 aliphatic heterocycles. The minimum atomic E-state index is -0.110. The van der Waals surface area contributed by atoms with Gasteiger partial charge in [0.25, 0.3) is 5.56 Å². The Morgan fingerprint density at radius 3 is 3.07 bits per heavy atom. The fourth-order valence-corrected chi connectivity index (χ4v) is 2.23. The second-order valence-corrected chi connectivity index (χ2v) is 4.11. The third-order valence-electron chi connectivity index (χ3n) is 1.76. The van der Waals surface area contributed by atoms with E-state index in [1.54, 1.807) is 6.20 Å². The van der Waals surface area contributed by atoms with Crippen LogP contribution < -0.4 is 5.56 Å². The lowest BCUT2D eigenvalue weighted by Gasteiger charge is -1.86. The van der Waals surface area contributed by atoms with Crippen LogP contribution in [-0.2, 0) is 11.2 Å². The summed E-state index contributed by atoms with van der Waals surface area (Å²) in [5.74, 6) is 0.0876. The van der Waals surface area contributed by atoms with Crippen LogP contribution in [0.4, 0.5) is 0 Å². The molecule has 0 fully saturated rings. The van der Waals surface area contributed by atoms with Crippen LogP contribution in [0.15, 0.2) is 23.3 Å². The molecular weight excluding hydrogens is 200 g/mol. The van der Waals surface area contributed by atoms with Crippen molar-refractivity contribution in [3.63, 3.8) is 0 Å². The number of carbonyl (C=O) groups excluding carboxylic acids is 1. The lowest BCUT2D eigenvalue weighted by Crippen LogP contribution is -2.09. The van der Waals surface area contributed by atoms with Gasteiger partial charge in [-0.3, -0.25) is 14.0 Å². The minimum absolute atomic E-state index is 0.0876. The predicted octanol–water partition coefficient (Wildman–Crippen LogP) is 0.888. The summed E-state index contributed by atoms with van der Waals surface area (Å²) < 4.78 is 1.46. The number of aromatic nitrogens is 2. The van der Waals surface area contributed by atoms with Crippen LogP contribution in [0, 0.1) is 0 Å². The molecule has 5 heteroatoms. The first kappa shape index (κ1) is 9.08. The number of ketones is 1. The number of thiazole rings is 1. The molecule has 0 aliphatic carbocycles. The number of hydrogen-bond donors (Lipinski definition) is 0. The van der Waals surface area contributed by atoms with Crippen molar-refractivity contribution in [2.24, 2.45) is 0 Å². The summed E-state index contributed by atoms with van der Waals surface area (Å²) in [4.78, 5) is 27.7. The first-order valence-electron chi connectivity index (χ1n) is 4.12. The van der Waals surface area contributed by atoms with Gasteiger partial charge in [0.15, 0.2) is 4.96 Å². The minimum Gasteiger partial charge on any atom is -0.300 e. The van der Waals surface area contributed by atoms with Crippen molar-refractivity contribution in [2.75, 3.05) is 0 Å². The van der Waals surface area contributed by atoms with E-state index in [0.717, 1.165) is 4.88 Å². The van der Waals surface area contributed by atoms with Crippen molar-refractivity contribution in [1.29, 1.82) is 0 Å². The molecule has 0 aliphatic rings. The summed E-state index contributed by atoms with van der Waals surface area (Å²) in [7, 11) is 0. The molecule has 0 radical (unpaired) electrons. The fourth-order valence-electron chi connectivity index (χ4n) is 1.21. The second-order valence-electron chi connectivity index (χ2n) is 3.01. The smallest absolute Gasteiger partial charge is 0.258 e. The maximum Gasteiger partial charge on any atom is 0.258 e. The summed E-state index contributed by atoms with van der Waals surface area (Å²) in [6.07, 6.45) is 3.52. The molecule has 4 nitrogen and oxygen atoms in total. The van der Waals surface area contributed by atoms with E-state index in [2.05, 4.69) is 4.98 Å². The Hall–Kier alpha value is -1.49. The van der Waals surface area contributed by atoms with Crippen molar-refractivity contribution < 1.29 is 4.79 Å². The lowest BCUT2D eigenvalue weighted by molar-refractivity contribution is -0.116. The van der Waals surface area contributed by atoms with E-state index in [0.29, 0.717) is 11.4 Å². The highest BCUT2D eigenvalue weighted by molar-refractivity contribution is 7.17. The normalized spacial score (nSPS) is 10.6. The average molecular weight is 208 g/mol. The van der Waals surface area contributed by atoms with E-state index in [-0.39, 0.29) is 11.3 Å². The van der Waals surface area contributed by atoms with E-state index >= 15 is 0 Å². The van der Waals surface area contributed by atoms with Gasteiger partial charge in [-0.05, 0) is 6.92 Å². The molecule has 2 heterocycles. The van der Waals surface area contributed by atoms with Gasteiger partial charge in [-0.15, -0.1) is 11.3 Å². The molecule has 14 heavy (non-hydrogen) atoms. The maximum absolute atomic E-state index is 11.3. The van der Waals surface area contributed by atoms with Crippen molar-refractivity contribution in [3.8, 4) is 0 Å². The lowest BCUT2D eigenvalue weighted by atomic mass is 10.3. The van der Waals surface area contributed by atoms with Crippen molar-refractivity contribution in [2.45, 2.75) is 13.3 Å². The highest BCUT2D eigenvalue weighted by Gasteiger charge is 2.05. The van der Waals surface area contributed by atoms with Crippen molar-refractivity contribution in [3.05, 3.63) is 33.7 Å². The van der Waals surface area contributed by atoms with E-state index < -0.39 is 0 Å². The summed E-state index contributed by atoms with van der Waals surface area (Å²) in [6, 6.07) is 1.40. The van der Waals surface area contributed by atoms with Gasteiger partial charge >= 0.3 is 0 Å². The number of carbonyl (C=O) groups is 1. The largest absolute Gasteiger partial charge is 0.300 e. The Balaban J connectivity index is 2.57. The van der Waals surface area contributed by atoms with Crippen LogP contribution in [0.5, 0.6) is 0 Å². The van der Waals surface area contributed by atoms with E-state index in [1.165, 1.54) is 34.9 Å². The molecule has 0 spiro atoms. The van der Waals surface area contributed by atoms with Gasteiger partial charge in [-0.25, -0.2) is 4.98 Å². The van der Waals surface area contributed by atoms with Crippen LogP contribution in [0.1, 0.15) is 11.8 Å². The molecule has 2 aromatic rings. The monoisotopic (exact) mass is 208 g/mol. The Labute approximate surface area is 83.8 Å². The molecular formula is C9H8N2O2S. The molecule has 0 N–H and O–H groups in total. The van der Waals surface area contributed by atoms with Crippen LogP contribution in [0.25, 0.3) is 4.96 Å². The highest BCUT2D eigenvalue weighted by atomic mass is 32.1. The molecule has 2 rings (SSSR count). The van der Waals surface area contributed by atoms with E-state index in [9.17, 15) is 9.59 Å². The van der Waals surface area contributed by atoms with Crippen LogP contribution >= 0.6 is 11.3 Å². The van der Waals surface area contributed by atoms with Crippen LogP contribution in [0.3, 0.4) is 0 Å². The Morgan fingerprint density at radius 1 is 1.64 bits per heavy atom. The van der Waals surface area contributed by atoms with Crippen LogP contribution in [0.2, 0.25) is 0 Å². The topological polar surface area (TPSA) is 51.4 Å². The molecule has 0 aromatic carbocycles. The maximum atomic E-state index is 11.3. The van der Waals surface area contributed by atoms with Gasteiger partial charge < -0.3 is 0 Å². The molecule has 2 aromatic heterocycles. The Kier molecular flexibility index (Phi) is 2.17. The number of Topliss-reactive ketones (excluding diaryl/α,β-unsaturated/α-hetero) is 1. The third-order valence-corrected chi connectivity index (χ3v) is 2.76. The number of nitrogens with zero attached hydrogens (tertiary/aromatic N) is 2. The number of rotatable bonds is 2. The second kappa shape index (κ2) is 3.34. The predicted molar refractivity (Wildman–Crippen MR) is 53.7 cm³/mol. The van der Waals surface area contributed by atoms with Gasteiger partial charge in [0.1, 0.15) is 5.78 Å². The fraction of sp³-hybridized carbons (Fsp3) is 0.222. The molecule has 0 atom stereocenters. The third kappa shape index (κ3) is 1.58. The first-order chi connectivity index (χ1) is 6.66. The zero-order chi connectivity index (χ0) is 10.1. The summed E-state index contributed by atoms with van der Waals surface area (Å²) in [5.41, 5.74) is -0.110. The van der Waals surface area contributed by atoms with Gasteiger partial charge in [-0.2, -0.15) is 0 Å². The SMILES string of the molecule is CC(=O)Cc1cn2c(=O)ccnc2s1. The van der Waals surface area contributed by atoms with Gasteiger partial charge in [0.05, 0.1) is 0 Å². The van der Waals surface area contributed by atoms with E-state index in [1.807, 2.05) is 0 Å².